The fourth-order valence-electron chi connectivity index (χ4n) is 5.48. The van der Waals surface area contributed by atoms with Crippen LogP contribution in [0.25, 0.3) is 44.3 Å². The summed E-state index contributed by atoms with van der Waals surface area (Å²) in [4.78, 5) is 0. The van der Waals surface area contributed by atoms with Crippen LogP contribution in [0.1, 0.15) is 20.3 Å². The second-order valence-corrected chi connectivity index (χ2v) is 20.1. The molecule has 1 aliphatic rings. The van der Waals surface area contributed by atoms with Crippen LogP contribution in [-0.2, 0) is 13.4 Å². The van der Waals surface area contributed by atoms with Crippen molar-refractivity contribution in [2.45, 2.75) is 36.5 Å². The summed E-state index contributed by atoms with van der Waals surface area (Å²) in [6.45, 7) is 2.06. The van der Waals surface area contributed by atoms with Crippen LogP contribution in [0.3, 0.4) is 0 Å². The van der Waals surface area contributed by atoms with Gasteiger partial charge in [-0.3, -0.25) is 0 Å². The summed E-state index contributed by atoms with van der Waals surface area (Å²) >= 11 is -2.42. The maximum absolute atomic E-state index is 15.7. The Balaban J connectivity index is 1.73. The summed E-state index contributed by atoms with van der Waals surface area (Å²) in [5.41, 5.74) is 5.95. The number of aromatic nitrogens is 1. The number of benzene rings is 3. The van der Waals surface area contributed by atoms with Crippen molar-refractivity contribution < 1.29 is 16.1 Å². The molecule has 5 aromatic rings. The predicted octanol–water partition coefficient (Wildman–Crippen LogP) is 7.05. The van der Waals surface area contributed by atoms with Gasteiger partial charge in [-0.15, -0.1) is 0 Å². The minimum absolute atomic E-state index is 0.366. The Kier molecular flexibility index (Phi) is 4.45. The molecule has 0 N–H and O–H groups in total. The zero-order valence-electron chi connectivity index (χ0n) is 22.0. The van der Waals surface area contributed by atoms with E-state index in [2.05, 4.69) is 41.2 Å². The van der Waals surface area contributed by atoms with E-state index in [-0.39, 0.29) is 5.82 Å². The van der Waals surface area contributed by atoms with Gasteiger partial charge in [0.1, 0.15) is 0 Å². The van der Waals surface area contributed by atoms with E-state index in [0.29, 0.717) is 28.7 Å². The van der Waals surface area contributed by atoms with E-state index in [1.807, 2.05) is 43.6 Å². The van der Waals surface area contributed by atoms with Gasteiger partial charge in [0.15, 0.2) is 0 Å². The summed E-state index contributed by atoms with van der Waals surface area (Å²) < 4.78 is 43.3. The molecule has 34 heavy (non-hydrogen) atoms. The standard InChI is InChI=1S/C30H29FGeNO/c1-19-13-14-22-23-15-16-24(31)28(21-9-7-11-25-20(21)10-8-17-32(25,2)3)30(23)34-29(22)27(19)26-12-5-6-18-33(26)4/h5-7,9,11-16,18H,8,10,17H2,1-4H3/q+1/i10D2. The molecule has 6 rings (SSSR count). The van der Waals surface area contributed by atoms with Crippen molar-refractivity contribution in [3.63, 3.8) is 0 Å². The van der Waals surface area contributed by atoms with Crippen LogP contribution >= 0.6 is 0 Å². The number of furan rings is 1. The Morgan fingerprint density at radius 2 is 1.71 bits per heavy atom. The minimum atomic E-state index is -2.42. The fraction of sp³-hybridized carbons (Fsp3) is 0.233. The van der Waals surface area contributed by atoms with Crippen molar-refractivity contribution in [1.82, 2.24) is 0 Å². The third kappa shape index (κ3) is 3.17. The van der Waals surface area contributed by atoms with Gasteiger partial charge in [-0.2, -0.15) is 0 Å². The Labute approximate surface area is 205 Å². The van der Waals surface area contributed by atoms with Gasteiger partial charge < -0.3 is 0 Å². The molecule has 3 aromatic carbocycles. The van der Waals surface area contributed by atoms with Gasteiger partial charge in [-0.25, -0.2) is 0 Å². The van der Waals surface area contributed by atoms with E-state index >= 15 is 4.39 Å². The third-order valence-corrected chi connectivity index (χ3v) is 14.5. The molecule has 3 heterocycles. The van der Waals surface area contributed by atoms with Crippen molar-refractivity contribution >= 4 is 39.6 Å². The number of pyridine rings is 1. The molecule has 0 spiro atoms. The van der Waals surface area contributed by atoms with Crippen molar-refractivity contribution in [3.05, 3.63) is 83.8 Å². The first kappa shape index (κ1) is 19.4. The van der Waals surface area contributed by atoms with Crippen LogP contribution in [0.15, 0.2) is 71.3 Å². The van der Waals surface area contributed by atoms with Crippen LogP contribution in [0, 0.1) is 12.7 Å². The van der Waals surface area contributed by atoms with Gasteiger partial charge in [-0.05, 0) is 0 Å². The average molecular weight is 513 g/mol. The molecule has 2 aromatic heterocycles. The zero-order valence-corrected chi connectivity index (χ0v) is 22.1. The van der Waals surface area contributed by atoms with Gasteiger partial charge in [0.25, 0.3) is 0 Å². The van der Waals surface area contributed by atoms with Crippen LogP contribution in [0.4, 0.5) is 4.39 Å². The molecular weight excluding hydrogens is 482 g/mol. The SMILES string of the molecule is [2H]C1([2H])C[CH2][Ge]([CH3])([CH3])[c]2cccc(-c3c(F)ccc4c3oc3c(-c5cccc[n+]5C)c(C)ccc34)c21. The molecule has 0 fully saturated rings. The summed E-state index contributed by atoms with van der Waals surface area (Å²) in [5.74, 6) is 4.26. The molecule has 2 nitrogen and oxygen atoms in total. The Morgan fingerprint density at radius 1 is 0.941 bits per heavy atom. The number of aryl methyl sites for hydroxylation is 2. The summed E-state index contributed by atoms with van der Waals surface area (Å²) in [5, 5.41) is 2.70. The van der Waals surface area contributed by atoms with Crippen LogP contribution in [-0.4, -0.2) is 13.3 Å². The Bertz CT molecular complexity index is 1690. The van der Waals surface area contributed by atoms with E-state index in [4.69, 9.17) is 7.16 Å². The van der Waals surface area contributed by atoms with E-state index in [0.717, 1.165) is 42.8 Å². The molecule has 0 aliphatic carbocycles. The summed E-state index contributed by atoms with van der Waals surface area (Å²) in [7, 11) is 2.01. The van der Waals surface area contributed by atoms with Crippen molar-refractivity contribution in [2.24, 2.45) is 7.05 Å². The molecule has 0 amide bonds. The number of nitrogens with zero attached hydrogens (tertiary/aromatic N) is 1. The van der Waals surface area contributed by atoms with Crippen LogP contribution in [0.2, 0.25) is 16.8 Å². The number of fused-ring (bicyclic) bond motifs is 4. The number of hydrogen-bond acceptors (Lipinski definition) is 1. The van der Waals surface area contributed by atoms with Gasteiger partial charge in [0.05, 0.1) is 0 Å². The molecule has 4 heteroatoms. The predicted molar refractivity (Wildman–Crippen MR) is 141 cm³/mol. The van der Waals surface area contributed by atoms with Gasteiger partial charge >= 0.3 is 205 Å². The Morgan fingerprint density at radius 3 is 2.50 bits per heavy atom. The topological polar surface area (TPSA) is 17.0 Å². The second kappa shape index (κ2) is 7.81. The van der Waals surface area contributed by atoms with Crippen molar-refractivity contribution in [1.29, 1.82) is 0 Å². The molecule has 0 saturated carbocycles. The third-order valence-electron chi connectivity index (χ3n) is 7.39. The molecule has 0 atom stereocenters. The molecule has 170 valence electrons. The molecular formula is C30H29FGeNO+. The van der Waals surface area contributed by atoms with E-state index < -0.39 is 19.6 Å². The zero-order chi connectivity index (χ0) is 25.4. The number of rotatable bonds is 2. The second-order valence-electron chi connectivity index (χ2n) is 10.0. The number of hydrogen-bond donors (Lipinski definition) is 0. The van der Waals surface area contributed by atoms with Crippen molar-refractivity contribution in [3.8, 4) is 22.4 Å². The van der Waals surface area contributed by atoms with E-state index in [1.165, 1.54) is 6.07 Å². The Hall–Kier alpha value is -2.92. The van der Waals surface area contributed by atoms with Crippen LogP contribution < -0.4 is 8.96 Å². The maximum atomic E-state index is 15.7. The molecule has 0 radical (unpaired) electrons. The normalized spacial score (nSPS) is 17.4. The van der Waals surface area contributed by atoms with Gasteiger partial charge in [0, 0.05) is 0 Å². The first-order chi connectivity index (χ1) is 17.1. The monoisotopic (exact) mass is 514 g/mol. The summed E-state index contributed by atoms with van der Waals surface area (Å²) in [6, 6.07) is 19.4. The first-order valence-electron chi connectivity index (χ1n) is 12.8. The van der Waals surface area contributed by atoms with Crippen molar-refractivity contribution in [2.75, 3.05) is 0 Å². The van der Waals surface area contributed by atoms with Gasteiger partial charge in [0.2, 0.25) is 0 Å². The molecule has 0 bridgehead atoms. The molecule has 1 aliphatic heterocycles. The quantitative estimate of drug-likeness (QED) is 0.183. The fourth-order valence-corrected chi connectivity index (χ4v) is 10.7. The van der Waals surface area contributed by atoms with E-state index in [9.17, 15) is 0 Å². The van der Waals surface area contributed by atoms with Crippen LogP contribution in [0.5, 0.6) is 0 Å². The van der Waals surface area contributed by atoms with Gasteiger partial charge in [-0.1, -0.05) is 0 Å². The number of halogens is 1. The molecule has 0 saturated heterocycles. The van der Waals surface area contributed by atoms with E-state index in [1.54, 1.807) is 6.07 Å². The summed E-state index contributed by atoms with van der Waals surface area (Å²) in [6.07, 6.45) is 0.981. The molecule has 0 unspecified atom stereocenters. The average Bonchev–Trinajstić information content (AvgIpc) is 3.21. The first-order valence-corrected chi connectivity index (χ1v) is 18.6.